The van der Waals surface area contributed by atoms with E-state index in [1.54, 1.807) is 6.07 Å². The van der Waals surface area contributed by atoms with Crippen molar-refractivity contribution in [2.24, 2.45) is 0 Å². The predicted octanol–water partition coefficient (Wildman–Crippen LogP) is 3.10. The first kappa shape index (κ1) is 15.9. The second-order valence-electron chi connectivity index (χ2n) is 4.29. The molecule has 1 aromatic rings. The Morgan fingerprint density at radius 2 is 2.05 bits per heavy atom. The molecular formula is C14H19ClFNO2. The third-order valence-electron chi connectivity index (χ3n) is 3.17. The lowest BCUT2D eigenvalue weighted by molar-refractivity contribution is 0.0617. The number of aliphatic hydroxyl groups excluding tert-OH is 1. The van der Waals surface area contributed by atoms with Gasteiger partial charge in [-0.05, 0) is 25.0 Å². The van der Waals surface area contributed by atoms with Crippen molar-refractivity contribution >= 4 is 17.5 Å². The van der Waals surface area contributed by atoms with Gasteiger partial charge in [-0.25, -0.2) is 4.39 Å². The van der Waals surface area contributed by atoms with E-state index in [-0.39, 0.29) is 29.8 Å². The van der Waals surface area contributed by atoms with E-state index in [9.17, 15) is 9.18 Å². The van der Waals surface area contributed by atoms with Crippen molar-refractivity contribution in [3.05, 3.63) is 34.6 Å². The minimum Gasteiger partial charge on any atom is -0.395 e. The first-order valence-corrected chi connectivity index (χ1v) is 6.80. The van der Waals surface area contributed by atoms with Gasteiger partial charge in [-0.3, -0.25) is 4.79 Å². The second kappa shape index (κ2) is 7.46. The van der Waals surface area contributed by atoms with Gasteiger partial charge in [-0.2, -0.15) is 0 Å². The van der Waals surface area contributed by atoms with Crippen molar-refractivity contribution < 1.29 is 14.3 Å². The van der Waals surface area contributed by atoms with Crippen molar-refractivity contribution in [2.45, 2.75) is 32.7 Å². The summed E-state index contributed by atoms with van der Waals surface area (Å²) in [5, 5.41) is 9.01. The summed E-state index contributed by atoms with van der Waals surface area (Å²) in [6, 6.07) is 4.35. The lowest BCUT2D eigenvalue weighted by atomic mass is 10.1. The Balaban J connectivity index is 3.08. The Bertz CT molecular complexity index is 435. The monoisotopic (exact) mass is 287 g/mol. The smallest absolute Gasteiger partial charge is 0.257 e. The molecule has 0 heterocycles. The number of benzene rings is 1. The first-order valence-electron chi connectivity index (χ1n) is 6.42. The van der Waals surface area contributed by atoms with Gasteiger partial charge in [0.2, 0.25) is 0 Å². The van der Waals surface area contributed by atoms with E-state index >= 15 is 0 Å². The quantitative estimate of drug-likeness (QED) is 0.873. The number of hydrogen-bond donors (Lipinski definition) is 1. The number of carbonyl (C=O) groups excluding carboxylic acids is 1. The summed E-state index contributed by atoms with van der Waals surface area (Å²) in [7, 11) is 0. The van der Waals surface area contributed by atoms with E-state index < -0.39 is 11.7 Å². The lowest BCUT2D eigenvalue weighted by Crippen LogP contribution is -2.42. The van der Waals surface area contributed by atoms with E-state index in [0.29, 0.717) is 0 Å². The Hall–Kier alpha value is -1.13. The van der Waals surface area contributed by atoms with Gasteiger partial charge in [-0.1, -0.05) is 31.5 Å². The maximum Gasteiger partial charge on any atom is 0.257 e. The van der Waals surface area contributed by atoms with Crippen LogP contribution in [-0.2, 0) is 0 Å². The lowest BCUT2D eigenvalue weighted by Gasteiger charge is -2.30. The minimum absolute atomic E-state index is 0.0157. The molecule has 0 aliphatic carbocycles. The van der Waals surface area contributed by atoms with Crippen LogP contribution in [0, 0.1) is 5.82 Å². The van der Waals surface area contributed by atoms with Gasteiger partial charge in [0.15, 0.2) is 5.82 Å². The number of hydrogen-bond acceptors (Lipinski definition) is 2. The highest BCUT2D eigenvalue weighted by Gasteiger charge is 2.24. The van der Waals surface area contributed by atoms with Crippen LogP contribution in [0.3, 0.4) is 0 Å². The zero-order valence-corrected chi connectivity index (χ0v) is 12.0. The molecular weight excluding hydrogens is 269 g/mol. The molecule has 1 rings (SSSR count). The summed E-state index contributed by atoms with van der Waals surface area (Å²) in [5.74, 6) is -1.13. The average molecular weight is 288 g/mol. The van der Waals surface area contributed by atoms with E-state index in [4.69, 9.17) is 16.7 Å². The summed E-state index contributed by atoms with van der Waals surface area (Å²) in [5.41, 5.74) is -0.0483. The van der Waals surface area contributed by atoms with Crippen LogP contribution in [-0.4, -0.2) is 35.1 Å². The molecule has 1 aromatic carbocycles. The van der Waals surface area contributed by atoms with Gasteiger partial charge in [0.05, 0.1) is 17.2 Å². The minimum atomic E-state index is -0.705. The fourth-order valence-corrected chi connectivity index (χ4v) is 2.29. The van der Waals surface area contributed by atoms with E-state index in [1.165, 1.54) is 17.0 Å². The number of rotatable bonds is 6. The second-order valence-corrected chi connectivity index (χ2v) is 4.70. The van der Waals surface area contributed by atoms with E-state index in [2.05, 4.69) is 0 Å². The van der Waals surface area contributed by atoms with Crippen molar-refractivity contribution in [1.29, 1.82) is 0 Å². The molecule has 0 saturated heterocycles. The number of aliphatic hydroxyl groups is 1. The number of amides is 1. The standard InChI is InChI=1S/C14H19ClFNO2/c1-3-10(4-2)17(8-9-18)14(19)11-6-5-7-12(15)13(11)16/h5-7,10,18H,3-4,8-9H2,1-2H3. The van der Waals surface area contributed by atoms with Gasteiger partial charge >= 0.3 is 0 Å². The third-order valence-corrected chi connectivity index (χ3v) is 3.46. The summed E-state index contributed by atoms with van der Waals surface area (Å²) < 4.78 is 13.9. The van der Waals surface area contributed by atoms with Crippen LogP contribution in [0.4, 0.5) is 4.39 Å². The zero-order chi connectivity index (χ0) is 14.4. The molecule has 106 valence electrons. The number of halogens is 2. The van der Waals surface area contributed by atoms with Gasteiger partial charge < -0.3 is 10.0 Å². The molecule has 0 spiro atoms. The zero-order valence-electron chi connectivity index (χ0n) is 11.2. The Labute approximate surface area is 118 Å². The molecule has 1 N–H and O–H groups in total. The Kier molecular flexibility index (Phi) is 6.25. The third kappa shape index (κ3) is 3.67. The Morgan fingerprint density at radius 1 is 1.42 bits per heavy atom. The maximum absolute atomic E-state index is 13.9. The molecule has 0 aliphatic heterocycles. The molecule has 0 radical (unpaired) electrons. The fourth-order valence-electron chi connectivity index (χ4n) is 2.11. The molecule has 0 saturated carbocycles. The van der Waals surface area contributed by atoms with Gasteiger partial charge in [0.25, 0.3) is 5.91 Å². The molecule has 5 heteroatoms. The molecule has 0 bridgehead atoms. The predicted molar refractivity (Wildman–Crippen MR) is 73.9 cm³/mol. The van der Waals surface area contributed by atoms with Crippen LogP contribution < -0.4 is 0 Å². The van der Waals surface area contributed by atoms with Crippen LogP contribution in [0.2, 0.25) is 5.02 Å². The topological polar surface area (TPSA) is 40.5 Å². The van der Waals surface area contributed by atoms with Crippen LogP contribution in [0.25, 0.3) is 0 Å². The molecule has 3 nitrogen and oxygen atoms in total. The number of carbonyl (C=O) groups is 1. The Morgan fingerprint density at radius 3 is 2.58 bits per heavy atom. The van der Waals surface area contributed by atoms with Gasteiger partial charge in [0, 0.05) is 12.6 Å². The van der Waals surface area contributed by atoms with Crippen molar-refractivity contribution in [3.8, 4) is 0 Å². The van der Waals surface area contributed by atoms with E-state index in [0.717, 1.165) is 12.8 Å². The summed E-state index contributed by atoms with van der Waals surface area (Å²) in [4.78, 5) is 13.9. The largest absolute Gasteiger partial charge is 0.395 e. The highest BCUT2D eigenvalue weighted by atomic mass is 35.5. The molecule has 0 fully saturated rings. The van der Waals surface area contributed by atoms with Crippen LogP contribution >= 0.6 is 11.6 Å². The molecule has 0 unspecified atom stereocenters. The first-order chi connectivity index (χ1) is 9.06. The fraction of sp³-hybridized carbons (Fsp3) is 0.500. The van der Waals surface area contributed by atoms with Gasteiger partial charge in [0.1, 0.15) is 0 Å². The highest BCUT2D eigenvalue weighted by molar-refractivity contribution is 6.31. The van der Waals surface area contributed by atoms with Crippen LogP contribution in [0.1, 0.15) is 37.0 Å². The summed E-state index contributed by atoms with van der Waals surface area (Å²) in [6.45, 7) is 3.96. The molecule has 1 amide bonds. The average Bonchev–Trinajstić information content (AvgIpc) is 2.41. The van der Waals surface area contributed by atoms with Crippen LogP contribution in [0.15, 0.2) is 18.2 Å². The normalized spacial score (nSPS) is 10.8. The van der Waals surface area contributed by atoms with Gasteiger partial charge in [-0.15, -0.1) is 0 Å². The number of nitrogens with zero attached hydrogens (tertiary/aromatic N) is 1. The molecule has 0 aromatic heterocycles. The maximum atomic E-state index is 13.9. The van der Waals surface area contributed by atoms with Crippen LogP contribution in [0.5, 0.6) is 0 Å². The summed E-state index contributed by atoms with van der Waals surface area (Å²) >= 11 is 5.69. The summed E-state index contributed by atoms with van der Waals surface area (Å²) in [6.07, 6.45) is 1.51. The van der Waals surface area contributed by atoms with Crippen molar-refractivity contribution in [2.75, 3.05) is 13.2 Å². The van der Waals surface area contributed by atoms with E-state index in [1.807, 2.05) is 13.8 Å². The SMILES string of the molecule is CCC(CC)N(CCO)C(=O)c1cccc(Cl)c1F. The molecule has 0 atom stereocenters. The molecule has 0 aliphatic rings. The molecule has 19 heavy (non-hydrogen) atoms. The van der Waals surface area contributed by atoms with Crippen molar-refractivity contribution in [3.63, 3.8) is 0 Å². The highest BCUT2D eigenvalue weighted by Crippen LogP contribution is 2.21. The van der Waals surface area contributed by atoms with Crippen molar-refractivity contribution in [1.82, 2.24) is 4.90 Å².